The lowest BCUT2D eigenvalue weighted by Gasteiger charge is -2.26. The van der Waals surface area contributed by atoms with E-state index in [2.05, 4.69) is 5.32 Å². The lowest BCUT2D eigenvalue weighted by atomic mass is 9.99. The lowest BCUT2D eigenvalue weighted by molar-refractivity contribution is -0.150. The Hall–Kier alpha value is -2.04. The standard InChI is InChI=1S/C15H21NO4/c1-5-15(3,14(18)19-4)16-13(17)10-20-12-9-7-6-8-11(12)2/h6-9H,5,10H2,1-4H3,(H,16,17)/t15-/m1/s1. The molecule has 5 nitrogen and oxygen atoms in total. The third-order valence-electron chi connectivity index (χ3n) is 3.21. The zero-order valence-corrected chi connectivity index (χ0v) is 12.4. The smallest absolute Gasteiger partial charge is 0.331 e. The van der Waals surface area contributed by atoms with Crippen molar-refractivity contribution in [1.29, 1.82) is 0 Å². The van der Waals surface area contributed by atoms with Gasteiger partial charge in [0.2, 0.25) is 0 Å². The number of carbonyl (C=O) groups is 2. The average Bonchev–Trinajstić information content (AvgIpc) is 2.45. The van der Waals surface area contributed by atoms with Crippen molar-refractivity contribution in [3.05, 3.63) is 29.8 Å². The topological polar surface area (TPSA) is 64.6 Å². The van der Waals surface area contributed by atoms with Gasteiger partial charge in [-0.3, -0.25) is 4.79 Å². The van der Waals surface area contributed by atoms with Crippen LogP contribution in [0.2, 0.25) is 0 Å². The number of nitrogens with one attached hydrogen (secondary N) is 1. The second-order valence-corrected chi connectivity index (χ2v) is 4.78. The first-order chi connectivity index (χ1) is 9.42. The van der Waals surface area contributed by atoms with Crippen LogP contribution in [-0.4, -0.2) is 31.1 Å². The summed E-state index contributed by atoms with van der Waals surface area (Å²) in [6, 6.07) is 7.43. The highest BCUT2D eigenvalue weighted by molar-refractivity contribution is 5.88. The minimum absolute atomic E-state index is 0.141. The van der Waals surface area contributed by atoms with Crippen LogP contribution >= 0.6 is 0 Å². The number of benzene rings is 1. The maximum Gasteiger partial charge on any atom is 0.331 e. The van der Waals surface area contributed by atoms with Crippen LogP contribution in [0.15, 0.2) is 24.3 Å². The van der Waals surface area contributed by atoms with Crippen molar-refractivity contribution < 1.29 is 19.1 Å². The highest BCUT2D eigenvalue weighted by Gasteiger charge is 2.34. The van der Waals surface area contributed by atoms with Gasteiger partial charge in [0.1, 0.15) is 11.3 Å². The van der Waals surface area contributed by atoms with E-state index in [1.165, 1.54) is 7.11 Å². The van der Waals surface area contributed by atoms with E-state index in [1.54, 1.807) is 19.9 Å². The van der Waals surface area contributed by atoms with Crippen LogP contribution < -0.4 is 10.1 Å². The average molecular weight is 279 g/mol. The fraction of sp³-hybridized carbons (Fsp3) is 0.467. The predicted molar refractivity (Wildman–Crippen MR) is 75.5 cm³/mol. The minimum atomic E-state index is -1.03. The van der Waals surface area contributed by atoms with Crippen molar-refractivity contribution in [2.24, 2.45) is 0 Å². The molecular formula is C15H21NO4. The Bertz CT molecular complexity index is 487. The van der Waals surface area contributed by atoms with E-state index in [0.717, 1.165) is 5.56 Å². The number of hydrogen-bond donors (Lipinski definition) is 1. The van der Waals surface area contributed by atoms with Crippen LogP contribution in [0.4, 0.5) is 0 Å². The monoisotopic (exact) mass is 279 g/mol. The van der Waals surface area contributed by atoms with Crippen molar-refractivity contribution in [3.8, 4) is 5.75 Å². The molecule has 0 spiro atoms. The van der Waals surface area contributed by atoms with E-state index >= 15 is 0 Å². The molecule has 0 bridgehead atoms. The predicted octanol–water partition coefficient (Wildman–Crippen LogP) is 1.83. The van der Waals surface area contributed by atoms with Crippen molar-refractivity contribution in [2.45, 2.75) is 32.7 Å². The summed E-state index contributed by atoms with van der Waals surface area (Å²) in [5, 5.41) is 2.64. The Kier molecular flexibility index (Phi) is 5.55. The van der Waals surface area contributed by atoms with Crippen molar-refractivity contribution in [3.63, 3.8) is 0 Å². The molecule has 1 atom stereocenters. The van der Waals surface area contributed by atoms with Crippen LogP contribution in [0.1, 0.15) is 25.8 Å². The first kappa shape index (κ1) is 16.0. The van der Waals surface area contributed by atoms with Gasteiger partial charge in [0.25, 0.3) is 5.91 Å². The number of rotatable bonds is 6. The van der Waals surface area contributed by atoms with Gasteiger partial charge in [0, 0.05) is 0 Å². The molecule has 0 saturated heterocycles. The Morgan fingerprint density at radius 2 is 1.95 bits per heavy atom. The van der Waals surface area contributed by atoms with Crippen molar-refractivity contribution >= 4 is 11.9 Å². The Morgan fingerprint density at radius 3 is 2.50 bits per heavy atom. The molecule has 1 aromatic rings. The molecule has 20 heavy (non-hydrogen) atoms. The second-order valence-electron chi connectivity index (χ2n) is 4.78. The van der Waals surface area contributed by atoms with Crippen LogP contribution in [0.5, 0.6) is 5.75 Å². The third-order valence-corrected chi connectivity index (χ3v) is 3.21. The summed E-state index contributed by atoms with van der Waals surface area (Å²) < 4.78 is 10.1. The van der Waals surface area contributed by atoms with Crippen molar-refractivity contribution in [2.75, 3.05) is 13.7 Å². The van der Waals surface area contributed by atoms with Gasteiger partial charge < -0.3 is 14.8 Å². The first-order valence-electron chi connectivity index (χ1n) is 6.50. The third kappa shape index (κ3) is 3.98. The van der Waals surface area contributed by atoms with E-state index in [1.807, 2.05) is 25.1 Å². The molecule has 1 rings (SSSR count). The Labute approximate surface area is 119 Å². The van der Waals surface area contributed by atoms with Gasteiger partial charge in [-0.2, -0.15) is 0 Å². The first-order valence-corrected chi connectivity index (χ1v) is 6.50. The van der Waals surface area contributed by atoms with E-state index in [0.29, 0.717) is 12.2 Å². The minimum Gasteiger partial charge on any atom is -0.484 e. The molecule has 0 fully saturated rings. The summed E-state index contributed by atoms with van der Waals surface area (Å²) >= 11 is 0. The maximum atomic E-state index is 11.9. The molecule has 0 aliphatic rings. The molecule has 0 radical (unpaired) electrons. The van der Waals surface area contributed by atoms with Crippen LogP contribution in [-0.2, 0) is 14.3 Å². The quantitative estimate of drug-likeness (QED) is 0.807. The summed E-state index contributed by atoms with van der Waals surface area (Å²) in [5.74, 6) is -0.175. The number of esters is 1. The summed E-state index contributed by atoms with van der Waals surface area (Å²) in [4.78, 5) is 23.5. The number of methoxy groups -OCH3 is 1. The SMILES string of the molecule is CC[C@@](C)(NC(=O)COc1ccccc1C)C(=O)OC. The molecule has 0 unspecified atom stereocenters. The largest absolute Gasteiger partial charge is 0.484 e. The number of carbonyl (C=O) groups excluding carboxylic acids is 2. The molecule has 110 valence electrons. The van der Waals surface area contributed by atoms with Gasteiger partial charge in [-0.1, -0.05) is 25.1 Å². The van der Waals surface area contributed by atoms with Crippen LogP contribution in [0.25, 0.3) is 0 Å². The number of para-hydroxylation sites is 1. The molecule has 0 saturated carbocycles. The summed E-state index contributed by atoms with van der Waals surface area (Å²) in [7, 11) is 1.30. The summed E-state index contributed by atoms with van der Waals surface area (Å²) in [5.41, 5.74) is -0.0764. The zero-order valence-electron chi connectivity index (χ0n) is 12.4. The number of aryl methyl sites for hydroxylation is 1. The molecule has 5 heteroatoms. The van der Waals surface area contributed by atoms with E-state index in [-0.39, 0.29) is 12.5 Å². The number of amides is 1. The van der Waals surface area contributed by atoms with Gasteiger partial charge in [-0.05, 0) is 31.9 Å². The fourth-order valence-corrected chi connectivity index (χ4v) is 1.71. The zero-order chi connectivity index (χ0) is 15.2. The molecule has 1 N–H and O–H groups in total. The molecule has 0 aliphatic heterocycles. The van der Waals surface area contributed by atoms with Crippen molar-refractivity contribution in [1.82, 2.24) is 5.32 Å². The maximum absolute atomic E-state index is 11.9. The van der Waals surface area contributed by atoms with E-state index in [9.17, 15) is 9.59 Å². The van der Waals surface area contributed by atoms with E-state index in [4.69, 9.17) is 9.47 Å². The Morgan fingerprint density at radius 1 is 1.30 bits per heavy atom. The molecule has 0 aliphatic carbocycles. The van der Waals surface area contributed by atoms with Gasteiger partial charge >= 0.3 is 5.97 Å². The molecule has 1 amide bonds. The highest BCUT2D eigenvalue weighted by Crippen LogP contribution is 2.16. The van der Waals surface area contributed by atoms with E-state index < -0.39 is 11.5 Å². The molecular weight excluding hydrogens is 258 g/mol. The molecule has 0 heterocycles. The van der Waals surface area contributed by atoms with Gasteiger partial charge in [-0.25, -0.2) is 4.79 Å². The lowest BCUT2D eigenvalue weighted by Crippen LogP contribution is -2.53. The highest BCUT2D eigenvalue weighted by atomic mass is 16.5. The van der Waals surface area contributed by atoms with Crippen LogP contribution in [0.3, 0.4) is 0 Å². The molecule has 0 aromatic heterocycles. The van der Waals surface area contributed by atoms with Crippen LogP contribution in [0, 0.1) is 6.92 Å². The van der Waals surface area contributed by atoms with Gasteiger partial charge in [-0.15, -0.1) is 0 Å². The summed E-state index contributed by atoms with van der Waals surface area (Å²) in [6.45, 7) is 5.19. The van der Waals surface area contributed by atoms with Gasteiger partial charge in [0.05, 0.1) is 7.11 Å². The number of hydrogen-bond acceptors (Lipinski definition) is 4. The number of ether oxygens (including phenoxy) is 2. The fourth-order valence-electron chi connectivity index (χ4n) is 1.71. The summed E-state index contributed by atoms with van der Waals surface area (Å²) in [6.07, 6.45) is 0.440. The van der Waals surface area contributed by atoms with Gasteiger partial charge in [0.15, 0.2) is 6.61 Å². The second kappa shape index (κ2) is 6.93. The molecule has 1 aromatic carbocycles. The normalized spacial score (nSPS) is 13.2. The Balaban J connectivity index is 2.60.